The van der Waals surface area contributed by atoms with E-state index in [2.05, 4.69) is 15.5 Å². The van der Waals surface area contributed by atoms with Crippen molar-refractivity contribution in [1.82, 2.24) is 15.5 Å². The molecule has 1 aromatic carbocycles. The number of nitrogens with zero attached hydrogens (tertiary/aromatic N) is 2. The molecule has 2 aromatic rings. The van der Waals surface area contributed by atoms with Crippen molar-refractivity contribution in [3.05, 3.63) is 38.3 Å². The molecule has 106 valence electrons. The molecule has 0 aliphatic carbocycles. The van der Waals surface area contributed by atoms with Gasteiger partial charge in [-0.1, -0.05) is 22.9 Å². The molecular weight excluding hydrogens is 316 g/mol. The summed E-state index contributed by atoms with van der Waals surface area (Å²) >= 11 is 12.1. The molecule has 0 spiro atoms. The minimum atomic E-state index is -0.0800. The minimum absolute atomic E-state index is 0.0800. The molecule has 20 heavy (non-hydrogen) atoms. The van der Waals surface area contributed by atoms with Gasteiger partial charge >= 0.3 is 0 Å². The van der Waals surface area contributed by atoms with E-state index in [1.807, 2.05) is 24.1 Å². The average Bonchev–Trinajstić information content (AvgIpc) is 2.83. The van der Waals surface area contributed by atoms with E-state index < -0.39 is 0 Å². The number of nitrogens with one attached hydrogen (secondary N) is 2. The number of hydrogen-bond acceptors (Lipinski definition) is 5. The highest BCUT2D eigenvalue weighted by Gasteiger charge is 2.08. The Labute approximate surface area is 130 Å². The number of aromatic amines is 1. The van der Waals surface area contributed by atoms with E-state index in [0.29, 0.717) is 15.5 Å². The van der Waals surface area contributed by atoms with Crippen LogP contribution in [0.1, 0.15) is 5.01 Å². The first-order chi connectivity index (χ1) is 9.54. The highest BCUT2D eigenvalue weighted by Crippen LogP contribution is 2.16. The molecule has 0 radical (unpaired) electrons. The van der Waals surface area contributed by atoms with Gasteiger partial charge in [0.1, 0.15) is 5.01 Å². The summed E-state index contributed by atoms with van der Waals surface area (Å²) in [7, 11) is 1.85. The van der Waals surface area contributed by atoms with Gasteiger partial charge in [-0.3, -0.25) is 9.89 Å². The van der Waals surface area contributed by atoms with Crippen molar-refractivity contribution >= 4 is 46.8 Å². The number of carbonyl (C=O) groups excluding carboxylic acids is 1. The molecule has 0 unspecified atom stereocenters. The summed E-state index contributed by atoms with van der Waals surface area (Å²) < 4.78 is 0.604. The van der Waals surface area contributed by atoms with Crippen LogP contribution in [0.4, 0.5) is 5.69 Å². The summed E-state index contributed by atoms with van der Waals surface area (Å²) in [5, 5.41) is 10.9. The summed E-state index contributed by atoms with van der Waals surface area (Å²) in [6.45, 7) is 0.641. The lowest BCUT2D eigenvalue weighted by molar-refractivity contribution is -0.119. The van der Waals surface area contributed by atoms with Crippen molar-refractivity contribution in [2.24, 2.45) is 0 Å². The van der Waals surface area contributed by atoms with E-state index >= 15 is 0 Å². The first-order valence-electron chi connectivity index (χ1n) is 5.82. The van der Waals surface area contributed by atoms with Crippen LogP contribution in [-0.2, 0) is 11.3 Å². The van der Waals surface area contributed by atoms with Crippen LogP contribution in [-0.4, -0.2) is 29.7 Å². The summed E-state index contributed by atoms with van der Waals surface area (Å²) in [6, 6.07) is 7.33. The molecule has 2 rings (SSSR count). The van der Waals surface area contributed by atoms with Gasteiger partial charge in [0, 0.05) is 17.8 Å². The zero-order valence-electron chi connectivity index (χ0n) is 10.7. The number of rotatable bonds is 5. The third-order valence-electron chi connectivity index (χ3n) is 2.57. The fraction of sp³-hybridized carbons (Fsp3) is 0.250. The average molecular weight is 329 g/mol. The maximum atomic E-state index is 11.8. The lowest BCUT2D eigenvalue weighted by atomic mass is 10.3. The summed E-state index contributed by atoms with van der Waals surface area (Å²) in [6.07, 6.45) is 0. The third-order valence-corrected chi connectivity index (χ3v) is 3.91. The van der Waals surface area contributed by atoms with Crippen LogP contribution in [0, 0.1) is 3.95 Å². The quantitative estimate of drug-likeness (QED) is 0.828. The number of anilines is 1. The first kappa shape index (κ1) is 15.0. The number of carbonyl (C=O) groups is 1. The van der Waals surface area contributed by atoms with Gasteiger partial charge in [0.2, 0.25) is 5.91 Å². The normalized spacial score (nSPS) is 10.3. The molecule has 0 bridgehead atoms. The van der Waals surface area contributed by atoms with E-state index in [1.54, 1.807) is 12.1 Å². The van der Waals surface area contributed by atoms with Crippen LogP contribution in [0.3, 0.4) is 0 Å². The van der Waals surface area contributed by atoms with Crippen molar-refractivity contribution in [2.45, 2.75) is 6.54 Å². The van der Waals surface area contributed by atoms with Gasteiger partial charge in [0.25, 0.3) is 0 Å². The zero-order valence-corrected chi connectivity index (χ0v) is 13.1. The Kier molecular flexibility index (Phi) is 5.11. The van der Waals surface area contributed by atoms with Gasteiger partial charge in [-0.05, 0) is 36.5 Å². The van der Waals surface area contributed by atoms with Crippen molar-refractivity contribution in [3.8, 4) is 0 Å². The van der Waals surface area contributed by atoms with Crippen LogP contribution >= 0.6 is 35.2 Å². The third kappa shape index (κ3) is 4.29. The molecule has 8 heteroatoms. The lowest BCUT2D eigenvalue weighted by Crippen LogP contribution is -2.34. The molecule has 0 saturated heterocycles. The summed E-state index contributed by atoms with van der Waals surface area (Å²) in [5.41, 5.74) is 0.931. The maximum absolute atomic E-state index is 11.8. The molecule has 0 saturated carbocycles. The Bertz CT molecular complexity index is 637. The molecule has 1 amide bonds. The zero-order chi connectivity index (χ0) is 14.5. The monoisotopic (exact) mass is 328 g/mol. The van der Waals surface area contributed by atoms with Crippen LogP contribution < -0.4 is 10.2 Å². The van der Waals surface area contributed by atoms with Gasteiger partial charge in [-0.25, -0.2) is 0 Å². The second-order valence-corrected chi connectivity index (χ2v) is 6.30. The molecule has 0 aliphatic heterocycles. The molecule has 0 fully saturated rings. The van der Waals surface area contributed by atoms with Crippen LogP contribution in [0.15, 0.2) is 24.3 Å². The van der Waals surface area contributed by atoms with Crippen molar-refractivity contribution in [2.75, 3.05) is 18.5 Å². The van der Waals surface area contributed by atoms with E-state index in [1.165, 1.54) is 11.3 Å². The van der Waals surface area contributed by atoms with Gasteiger partial charge < -0.3 is 10.2 Å². The Hall–Kier alpha value is -1.44. The topological polar surface area (TPSA) is 61.0 Å². The van der Waals surface area contributed by atoms with Crippen molar-refractivity contribution in [3.63, 3.8) is 0 Å². The van der Waals surface area contributed by atoms with Crippen molar-refractivity contribution in [1.29, 1.82) is 0 Å². The lowest BCUT2D eigenvalue weighted by Gasteiger charge is -2.18. The minimum Gasteiger partial charge on any atom is -0.365 e. The predicted octanol–water partition coefficient (Wildman–Crippen LogP) is 2.61. The Morgan fingerprint density at radius 1 is 1.50 bits per heavy atom. The maximum Gasteiger partial charge on any atom is 0.239 e. The number of likely N-dealkylation sites (N-methyl/N-ethyl adjacent to an activating group) is 1. The van der Waals surface area contributed by atoms with Crippen molar-refractivity contribution < 1.29 is 4.79 Å². The Balaban J connectivity index is 1.84. The van der Waals surface area contributed by atoms with E-state index in [0.717, 1.165) is 10.7 Å². The Morgan fingerprint density at radius 2 is 2.20 bits per heavy atom. The smallest absolute Gasteiger partial charge is 0.239 e. The number of aromatic nitrogens is 2. The Morgan fingerprint density at radius 3 is 2.80 bits per heavy atom. The summed E-state index contributed by atoms with van der Waals surface area (Å²) in [4.78, 5) is 13.7. The number of hydrogen-bond donors (Lipinski definition) is 2. The first-order valence-corrected chi connectivity index (χ1v) is 7.42. The van der Waals surface area contributed by atoms with Gasteiger partial charge in [-0.15, -0.1) is 0 Å². The SMILES string of the molecule is CN(CC(=O)NCc1n[nH]c(=S)s1)c1ccc(Cl)cc1. The second kappa shape index (κ2) is 6.83. The fourth-order valence-corrected chi connectivity index (χ4v) is 2.57. The van der Waals surface area contributed by atoms with Crippen LogP contribution in [0.25, 0.3) is 0 Å². The highest BCUT2D eigenvalue weighted by molar-refractivity contribution is 7.73. The molecule has 2 N–H and O–H groups in total. The molecule has 0 atom stereocenters. The van der Waals surface area contributed by atoms with Gasteiger partial charge in [0.05, 0.1) is 13.1 Å². The second-order valence-electron chi connectivity index (χ2n) is 4.12. The molecule has 0 aliphatic rings. The van der Waals surface area contributed by atoms with E-state index in [4.69, 9.17) is 23.8 Å². The number of benzene rings is 1. The predicted molar refractivity (Wildman–Crippen MR) is 83.9 cm³/mol. The molecule has 1 aromatic heterocycles. The number of H-pyrrole nitrogens is 1. The largest absolute Gasteiger partial charge is 0.365 e. The van der Waals surface area contributed by atoms with Crippen LogP contribution in [0.2, 0.25) is 5.02 Å². The highest BCUT2D eigenvalue weighted by atomic mass is 35.5. The van der Waals surface area contributed by atoms with E-state index in [9.17, 15) is 4.79 Å². The summed E-state index contributed by atoms with van der Waals surface area (Å²) in [5.74, 6) is -0.0800. The number of amides is 1. The van der Waals surface area contributed by atoms with E-state index in [-0.39, 0.29) is 12.5 Å². The van der Waals surface area contributed by atoms with Gasteiger partial charge in [-0.2, -0.15) is 5.10 Å². The van der Waals surface area contributed by atoms with Gasteiger partial charge in [0.15, 0.2) is 3.95 Å². The number of halogens is 1. The molecule has 5 nitrogen and oxygen atoms in total. The molecule has 1 heterocycles. The fourth-order valence-electron chi connectivity index (χ4n) is 1.57. The standard InChI is InChI=1S/C12H13ClN4OS2/c1-17(9-4-2-8(13)3-5-9)7-10(18)14-6-11-15-16-12(19)20-11/h2-5H,6-7H2,1H3,(H,14,18)(H,16,19). The van der Waals surface area contributed by atoms with Crippen LogP contribution in [0.5, 0.6) is 0 Å². The molecular formula is C12H13ClN4OS2.